The van der Waals surface area contributed by atoms with E-state index in [1.807, 2.05) is 26.0 Å². The van der Waals surface area contributed by atoms with Crippen molar-refractivity contribution in [3.63, 3.8) is 0 Å². The highest BCUT2D eigenvalue weighted by Crippen LogP contribution is 2.41. The summed E-state index contributed by atoms with van der Waals surface area (Å²) in [5, 5.41) is 9.69. The van der Waals surface area contributed by atoms with E-state index in [4.69, 9.17) is 9.47 Å². The molecule has 0 radical (unpaired) electrons. The lowest BCUT2D eigenvalue weighted by molar-refractivity contribution is -0.111. The van der Waals surface area contributed by atoms with Gasteiger partial charge in [0.25, 0.3) is 0 Å². The third-order valence-corrected chi connectivity index (χ3v) is 8.59. The number of aromatic nitrogens is 4. The zero-order valence-corrected chi connectivity index (χ0v) is 29.4. The molecule has 0 bridgehead atoms. The molecule has 3 N–H and O–H groups in total. The topological polar surface area (TPSA) is 164 Å². The van der Waals surface area contributed by atoms with Crippen LogP contribution in [0.15, 0.2) is 55.5 Å². The molecule has 254 valence electrons. The van der Waals surface area contributed by atoms with Gasteiger partial charge in [0, 0.05) is 44.8 Å². The molecule has 0 saturated heterocycles. The molecule has 0 saturated carbocycles. The normalized spacial score (nSPS) is 11.4. The lowest BCUT2D eigenvalue weighted by atomic mass is 10.2. The quantitative estimate of drug-likeness (QED) is 0.0945. The summed E-state index contributed by atoms with van der Waals surface area (Å²) < 4.78 is 24.8. The van der Waals surface area contributed by atoms with Gasteiger partial charge < -0.3 is 39.8 Å². The van der Waals surface area contributed by atoms with Gasteiger partial charge in [0.05, 0.1) is 46.8 Å². The first-order chi connectivity index (χ1) is 22.7. The van der Waals surface area contributed by atoms with Gasteiger partial charge in [0.15, 0.2) is 5.82 Å². The molecule has 2 heterocycles. The van der Waals surface area contributed by atoms with E-state index in [0.29, 0.717) is 45.7 Å². The minimum Gasteiger partial charge on any atom is -0.494 e. The van der Waals surface area contributed by atoms with Crippen molar-refractivity contribution in [1.29, 1.82) is 0 Å². The number of esters is 1. The lowest BCUT2D eigenvalue weighted by Gasteiger charge is -2.26. The molecule has 48 heavy (non-hydrogen) atoms. The summed E-state index contributed by atoms with van der Waals surface area (Å²) in [6.45, 7) is 11.8. The highest BCUT2D eigenvalue weighted by atomic mass is 31.2. The van der Waals surface area contributed by atoms with Crippen LogP contribution in [0.25, 0.3) is 11.0 Å². The predicted molar refractivity (Wildman–Crippen MR) is 191 cm³/mol. The summed E-state index contributed by atoms with van der Waals surface area (Å²) in [6, 6.07) is 6.98. The van der Waals surface area contributed by atoms with Gasteiger partial charge in [-0.1, -0.05) is 6.58 Å². The average Bonchev–Trinajstić information content (AvgIpc) is 3.02. The fraction of sp³-hybridized carbons (Fsp3) is 0.333. The number of amides is 1. The van der Waals surface area contributed by atoms with Crippen LogP contribution in [-0.2, 0) is 14.1 Å². The van der Waals surface area contributed by atoms with E-state index >= 15 is 0 Å². The van der Waals surface area contributed by atoms with Crippen molar-refractivity contribution in [2.75, 3.05) is 75.5 Å². The van der Waals surface area contributed by atoms with Crippen LogP contribution in [0.4, 0.5) is 34.5 Å². The fourth-order valence-corrected chi connectivity index (χ4v) is 6.18. The molecule has 14 nitrogen and oxygen atoms in total. The van der Waals surface area contributed by atoms with Crippen LogP contribution in [0, 0.1) is 0 Å². The number of rotatable bonds is 14. The largest absolute Gasteiger partial charge is 0.494 e. The number of nitrogens with one attached hydrogen (secondary N) is 3. The van der Waals surface area contributed by atoms with E-state index in [2.05, 4.69) is 47.4 Å². The molecule has 0 unspecified atom stereocenters. The van der Waals surface area contributed by atoms with Crippen molar-refractivity contribution in [2.45, 2.75) is 20.0 Å². The maximum atomic E-state index is 13.6. The van der Waals surface area contributed by atoms with E-state index in [-0.39, 0.29) is 23.2 Å². The molecule has 2 aromatic heterocycles. The molecule has 0 atom stereocenters. The van der Waals surface area contributed by atoms with E-state index in [9.17, 15) is 14.2 Å². The first-order valence-corrected chi connectivity index (χ1v) is 17.7. The van der Waals surface area contributed by atoms with Crippen molar-refractivity contribution >= 4 is 69.9 Å². The van der Waals surface area contributed by atoms with Gasteiger partial charge in [-0.2, -0.15) is 4.98 Å². The maximum Gasteiger partial charge on any atom is 0.343 e. The standard InChI is InChI=1S/C33H42N9O5P/c1-10-28(43)37-24-17-25(27(46-7)18-26(24)42(6)16-15-41(4)5)39-33-36-19-21(32(44)47-20(2)3)31(40-33)38-23-12-11-22-29(35-14-13-34-22)30(23)48(8,9)45/h10-14,17-20H,1,15-16H2,2-9H3,(H,37,43)(H2,36,38,39,40). The first kappa shape index (κ1) is 35.8. The molecule has 15 heteroatoms. The maximum absolute atomic E-state index is 13.6. The number of hydrogen-bond acceptors (Lipinski definition) is 13. The van der Waals surface area contributed by atoms with E-state index in [0.717, 1.165) is 12.2 Å². The second-order valence-corrected chi connectivity index (χ2v) is 15.0. The van der Waals surface area contributed by atoms with E-state index in [1.165, 1.54) is 25.6 Å². The number of likely N-dealkylation sites (N-methyl/N-ethyl adjacent to an activating group) is 2. The SMILES string of the molecule is C=CC(=O)Nc1cc(Nc2ncc(C(=O)OC(C)C)c(Nc3ccc4nccnc4c3P(C)(C)=O)n2)c(OC)cc1N(C)CCN(C)C. The number of carbonyl (C=O) groups excluding carboxylic acids is 2. The summed E-state index contributed by atoms with van der Waals surface area (Å²) in [7, 11) is 4.49. The Bertz CT molecular complexity index is 1880. The molecular weight excluding hydrogens is 633 g/mol. The molecule has 4 rings (SSSR count). The fourth-order valence-electron chi connectivity index (χ4n) is 4.79. The summed E-state index contributed by atoms with van der Waals surface area (Å²) in [4.78, 5) is 47.5. The third-order valence-electron chi connectivity index (χ3n) is 7.06. The highest BCUT2D eigenvalue weighted by Gasteiger charge is 2.25. The van der Waals surface area contributed by atoms with Crippen LogP contribution >= 0.6 is 7.14 Å². The van der Waals surface area contributed by atoms with E-state index < -0.39 is 19.2 Å². The Hall–Kier alpha value is -5.07. The van der Waals surface area contributed by atoms with Gasteiger partial charge >= 0.3 is 5.97 Å². The number of hydrogen-bond donors (Lipinski definition) is 3. The van der Waals surface area contributed by atoms with Crippen LogP contribution in [-0.4, -0.2) is 97.5 Å². The molecular formula is C33H42N9O5P. The number of carbonyl (C=O) groups is 2. The Morgan fingerprint density at radius 2 is 1.73 bits per heavy atom. The van der Waals surface area contributed by atoms with Crippen LogP contribution in [0.5, 0.6) is 5.75 Å². The number of anilines is 6. The molecule has 2 aromatic carbocycles. The molecule has 1 amide bonds. The number of nitrogens with zero attached hydrogens (tertiary/aromatic N) is 6. The summed E-state index contributed by atoms with van der Waals surface area (Å²) >= 11 is 0. The molecule has 0 aliphatic carbocycles. The number of methoxy groups -OCH3 is 1. The Labute approximate surface area is 280 Å². The van der Waals surface area contributed by atoms with Gasteiger partial charge in [-0.15, -0.1) is 0 Å². The van der Waals surface area contributed by atoms with Crippen LogP contribution < -0.4 is 30.9 Å². The number of ether oxygens (including phenoxy) is 2. The average molecular weight is 676 g/mol. The molecule has 0 aliphatic rings. The molecule has 0 fully saturated rings. The van der Waals surface area contributed by atoms with Crippen molar-refractivity contribution in [3.05, 3.63) is 61.1 Å². The van der Waals surface area contributed by atoms with Gasteiger partial charge in [0.2, 0.25) is 11.9 Å². The predicted octanol–water partition coefficient (Wildman–Crippen LogP) is 4.85. The third kappa shape index (κ3) is 8.64. The van der Waals surface area contributed by atoms with Gasteiger partial charge in [-0.25, -0.2) is 9.78 Å². The van der Waals surface area contributed by atoms with Crippen LogP contribution in [0.1, 0.15) is 24.2 Å². The molecule has 0 aliphatic heterocycles. The monoisotopic (exact) mass is 675 g/mol. The zero-order chi connectivity index (χ0) is 35.2. The Balaban J connectivity index is 1.82. The van der Waals surface area contributed by atoms with E-state index in [1.54, 1.807) is 57.6 Å². The smallest absolute Gasteiger partial charge is 0.343 e. The minimum absolute atomic E-state index is 0.0604. The van der Waals surface area contributed by atoms with Crippen LogP contribution in [0.2, 0.25) is 0 Å². The Kier molecular flexibility index (Phi) is 11.3. The lowest BCUT2D eigenvalue weighted by Crippen LogP contribution is -2.29. The van der Waals surface area contributed by atoms with Gasteiger partial charge in [0.1, 0.15) is 24.0 Å². The molecule has 4 aromatic rings. The summed E-state index contributed by atoms with van der Waals surface area (Å²) in [6.07, 6.45) is 5.23. The van der Waals surface area contributed by atoms with Crippen molar-refractivity contribution in [3.8, 4) is 5.75 Å². The van der Waals surface area contributed by atoms with Gasteiger partial charge in [-0.3, -0.25) is 14.8 Å². The van der Waals surface area contributed by atoms with Crippen molar-refractivity contribution in [2.24, 2.45) is 0 Å². The second kappa shape index (κ2) is 15.2. The Morgan fingerprint density at radius 3 is 2.38 bits per heavy atom. The number of fused-ring (bicyclic) bond motifs is 1. The highest BCUT2D eigenvalue weighted by molar-refractivity contribution is 7.71. The number of benzene rings is 2. The zero-order valence-electron chi connectivity index (χ0n) is 28.5. The first-order valence-electron chi connectivity index (χ1n) is 15.1. The summed E-state index contributed by atoms with van der Waals surface area (Å²) in [5.41, 5.74) is 3.22. The summed E-state index contributed by atoms with van der Waals surface area (Å²) in [5.74, 6) is -0.369. The van der Waals surface area contributed by atoms with Crippen molar-refractivity contribution < 1.29 is 23.6 Å². The minimum atomic E-state index is -2.93. The van der Waals surface area contributed by atoms with Crippen molar-refractivity contribution in [1.82, 2.24) is 24.8 Å². The van der Waals surface area contributed by atoms with Crippen LogP contribution in [0.3, 0.4) is 0 Å². The molecule has 0 spiro atoms. The van der Waals surface area contributed by atoms with Gasteiger partial charge in [-0.05, 0) is 65.5 Å². The second-order valence-electron chi connectivity index (χ2n) is 11.9. The Morgan fingerprint density at radius 1 is 1.00 bits per heavy atom.